The van der Waals surface area contributed by atoms with Gasteiger partial charge in [0.15, 0.2) is 0 Å². The summed E-state index contributed by atoms with van der Waals surface area (Å²) in [6.45, 7) is 3.85. The van der Waals surface area contributed by atoms with Gasteiger partial charge >= 0.3 is 0 Å². The van der Waals surface area contributed by atoms with Crippen molar-refractivity contribution in [2.45, 2.75) is 37.9 Å². The third-order valence-electron chi connectivity index (χ3n) is 3.99. The maximum atomic E-state index is 10.7. The van der Waals surface area contributed by atoms with E-state index in [0.717, 1.165) is 5.56 Å². The molecule has 2 N–H and O–H groups in total. The van der Waals surface area contributed by atoms with Crippen LogP contribution in [0.4, 0.5) is 0 Å². The molecule has 0 aromatic heterocycles. The van der Waals surface area contributed by atoms with Crippen LogP contribution >= 0.6 is 12.2 Å². The first-order chi connectivity index (χ1) is 9.46. The van der Waals surface area contributed by atoms with E-state index in [1.54, 1.807) is 25.2 Å². The second-order valence-electron chi connectivity index (χ2n) is 5.17. The normalized spacial score (nSPS) is 27.9. The average molecular weight is 290 g/mol. The summed E-state index contributed by atoms with van der Waals surface area (Å²) in [6.07, 6.45) is -0.0925. The number of nitrogens with one attached hydrogen (secondary N) is 1. The second-order valence-corrected chi connectivity index (χ2v) is 5.61. The molecule has 0 radical (unpaired) electrons. The molecule has 0 spiro atoms. The quantitative estimate of drug-likeness (QED) is 0.817. The highest BCUT2D eigenvalue weighted by molar-refractivity contribution is 7.80. The lowest BCUT2D eigenvalue weighted by Gasteiger charge is -2.44. The molecule has 0 fully saturated rings. The number of thiocarbonyl (C=S) groups is 1. The van der Waals surface area contributed by atoms with Crippen LogP contribution in [0.15, 0.2) is 18.2 Å². The summed E-state index contributed by atoms with van der Waals surface area (Å²) in [7, 11) is 1.74. The van der Waals surface area contributed by atoms with Crippen molar-refractivity contribution in [3.05, 3.63) is 29.3 Å². The van der Waals surface area contributed by atoms with Gasteiger partial charge in [-0.25, -0.2) is 0 Å². The zero-order valence-electron chi connectivity index (χ0n) is 11.8. The highest BCUT2D eigenvalue weighted by Crippen LogP contribution is 2.43. The fourth-order valence-corrected chi connectivity index (χ4v) is 2.77. The lowest BCUT2D eigenvalue weighted by atomic mass is 9.78. The standard InChI is InChI=1S/C15H18N2O2S/c1-4-15(2)13(18)12(14(20)17-3)10-7-9(8-16)5-6-11(10)19-15/h5-7,12-13,18H,4H2,1-3H3,(H,17,20). The molecule has 1 aromatic carbocycles. The molecule has 1 aliphatic rings. The molecule has 0 saturated carbocycles. The number of benzene rings is 1. The second kappa shape index (κ2) is 5.39. The summed E-state index contributed by atoms with van der Waals surface area (Å²) in [5.74, 6) is 0.318. The van der Waals surface area contributed by atoms with Crippen molar-refractivity contribution < 1.29 is 9.84 Å². The monoisotopic (exact) mass is 290 g/mol. The van der Waals surface area contributed by atoms with E-state index in [2.05, 4.69) is 11.4 Å². The van der Waals surface area contributed by atoms with Crippen molar-refractivity contribution in [3.8, 4) is 11.8 Å². The van der Waals surface area contributed by atoms with Crippen LogP contribution in [0.3, 0.4) is 0 Å². The first-order valence-electron chi connectivity index (χ1n) is 6.59. The largest absolute Gasteiger partial charge is 0.485 e. The predicted molar refractivity (Wildman–Crippen MR) is 80.9 cm³/mol. The minimum atomic E-state index is -0.756. The molecule has 106 valence electrons. The van der Waals surface area contributed by atoms with Gasteiger partial charge in [0.25, 0.3) is 0 Å². The lowest BCUT2D eigenvalue weighted by Crippen LogP contribution is -2.53. The molecule has 0 amide bonds. The lowest BCUT2D eigenvalue weighted by molar-refractivity contribution is -0.0616. The molecule has 5 heteroatoms. The summed E-state index contributed by atoms with van der Waals surface area (Å²) in [6, 6.07) is 7.33. The minimum Gasteiger partial charge on any atom is -0.485 e. The van der Waals surface area contributed by atoms with E-state index < -0.39 is 11.7 Å². The highest BCUT2D eigenvalue weighted by atomic mass is 32.1. The number of hydrogen-bond acceptors (Lipinski definition) is 4. The smallest absolute Gasteiger partial charge is 0.133 e. The van der Waals surface area contributed by atoms with Crippen LogP contribution in [0.1, 0.15) is 37.3 Å². The van der Waals surface area contributed by atoms with Gasteiger partial charge in [-0.05, 0) is 31.5 Å². The van der Waals surface area contributed by atoms with Gasteiger partial charge in [-0.15, -0.1) is 0 Å². The Hall–Kier alpha value is -1.64. The van der Waals surface area contributed by atoms with Gasteiger partial charge in [-0.2, -0.15) is 5.26 Å². The summed E-state index contributed by atoms with van der Waals surface area (Å²) in [5, 5.41) is 22.6. The van der Waals surface area contributed by atoms with E-state index >= 15 is 0 Å². The molecule has 4 nitrogen and oxygen atoms in total. The van der Waals surface area contributed by atoms with Gasteiger partial charge < -0.3 is 15.2 Å². The zero-order valence-corrected chi connectivity index (χ0v) is 12.6. The third-order valence-corrected chi connectivity index (χ3v) is 4.45. The van der Waals surface area contributed by atoms with Gasteiger partial charge in [0.05, 0.1) is 22.5 Å². The molecule has 0 saturated heterocycles. The van der Waals surface area contributed by atoms with E-state index in [4.69, 9.17) is 22.2 Å². The zero-order chi connectivity index (χ0) is 14.9. The first-order valence-corrected chi connectivity index (χ1v) is 7.00. The van der Waals surface area contributed by atoms with Crippen molar-refractivity contribution >= 4 is 17.2 Å². The number of aliphatic hydroxyl groups is 1. The minimum absolute atomic E-state index is 0.364. The Kier molecular flexibility index (Phi) is 3.98. The van der Waals surface area contributed by atoms with Crippen molar-refractivity contribution in [2.24, 2.45) is 0 Å². The highest BCUT2D eigenvalue weighted by Gasteiger charge is 2.46. The Labute approximate surface area is 124 Å². The van der Waals surface area contributed by atoms with Crippen LogP contribution in [0.25, 0.3) is 0 Å². The van der Waals surface area contributed by atoms with Crippen LogP contribution in [-0.4, -0.2) is 28.8 Å². The molecule has 1 aromatic rings. The summed E-state index contributed by atoms with van der Waals surface area (Å²) < 4.78 is 5.96. The summed E-state index contributed by atoms with van der Waals surface area (Å²) >= 11 is 5.35. The van der Waals surface area contributed by atoms with Crippen molar-refractivity contribution in [3.63, 3.8) is 0 Å². The van der Waals surface area contributed by atoms with Gasteiger partial charge in [-0.3, -0.25) is 0 Å². The molecule has 1 heterocycles. The topological polar surface area (TPSA) is 65.3 Å². The van der Waals surface area contributed by atoms with Crippen LogP contribution in [0.2, 0.25) is 0 Å². The van der Waals surface area contributed by atoms with Gasteiger partial charge in [0, 0.05) is 12.6 Å². The van der Waals surface area contributed by atoms with E-state index in [1.807, 2.05) is 13.8 Å². The summed E-state index contributed by atoms with van der Waals surface area (Å²) in [5.41, 5.74) is 0.609. The van der Waals surface area contributed by atoms with E-state index in [0.29, 0.717) is 22.7 Å². The molecule has 3 unspecified atom stereocenters. The maximum Gasteiger partial charge on any atom is 0.133 e. The number of aliphatic hydroxyl groups excluding tert-OH is 1. The Bertz CT molecular complexity index is 582. The van der Waals surface area contributed by atoms with Crippen LogP contribution in [0, 0.1) is 11.3 Å². The van der Waals surface area contributed by atoms with Crippen molar-refractivity contribution in [1.29, 1.82) is 5.26 Å². The van der Waals surface area contributed by atoms with Gasteiger partial charge in [0.1, 0.15) is 17.5 Å². The Morgan fingerprint density at radius 1 is 1.60 bits per heavy atom. The van der Waals surface area contributed by atoms with Crippen molar-refractivity contribution in [2.75, 3.05) is 7.05 Å². The van der Waals surface area contributed by atoms with Crippen LogP contribution in [0.5, 0.6) is 5.75 Å². The van der Waals surface area contributed by atoms with Gasteiger partial charge in [-0.1, -0.05) is 19.1 Å². The Balaban J connectivity index is 2.60. The number of nitriles is 1. The van der Waals surface area contributed by atoms with Crippen molar-refractivity contribution in [1.82, 2.24) is 5.32 Å². The third kappa shape index (κ3) is 2.26. The number of likely N-dealkylation sites (N-methyl/N-ethyl adjacent to an activating group) is 1. The van der Waals surface area contributed by atoms with Crippen LogP contribution in [-0.2, 0) is 0 Å². The Morgan fingerprint density at radius 2 is 2.30 bits per heavy atom. The maximum absolute atomic E-state index is 10.7. The van der Waals surface area contributed by atoms with E-state index in [1.165, 1.54) is 0 Å². The number of fused-ring (bicyclic) bond motifs is 1. The number of hydrogen-bond donors (Lipinski definition) is 2. The molecule has 3 atom stereocenters. The molecule has 0 aliphatic carbocycles. The molecular formula is C15H18N2O2S. The molecular weight excluding hydrogens is 272 g/mol. The van der Waals surface area contributed by atoms with E-state index in [9.17, 15) is 5.11 Å². The molecule has 0 bridgehead atoms. The van der Waals surface area contributed by atoms with E-state index in [-0.39, 0.29) is 5.92 Å². The fraction of sp³-hybridized carbons (Fsp3) is 0.467. The molecule has 20 heavy (non-hydrogen) atoms. The summed E-state index contributed by atoms with van der Waals surface area (Å²) in [4.78, 5) is 0.553. The average Bonchev–Trinajstić information content (AvgIpc) is 2.47. The predicted octanol–water partition coefficient (Wildman–Crippen LogP) is 2.11. The molecule has 1 aliphatic heterocycles. The SMILES string of the molecule is CCC1(C)Oc2ccc(C#N)cc2C(C(=S)NC)C1O. The number of nitrogens with zero attached hydrogens (tertiary/aromatic N) is 1. The van der Waals surface area contributed by atoms with Crippen LogP contribution < -0.4 is 10.1 Å². The number of rotatable bonds is 2. The first kappa shape index (κ1) is 14.8. The molecule has 2 rings (SSSR count). The fourth-order valence-electron chi connectivity index (χ4n) is 2.51. The van der Waals surface area contributed by atoms with Gasteiger partial charge in [0.2, 0.25) is 0 Å². The number of ether oxygens (including phenoxy) is 1. The Morgan fingerprint density at radius 3 is 2.85 bits per heavy atom.